The highest BCUT2D eigenvalue weighted by Crippen LogP contribution is 2.20. The molecular weight excluding hydrogens is 160 g/mol. The number of nitrogens with zero attached hydrogens (tertiary/aromatic N) is 1. The van der Waals surface area contributed by atoms with Crippen LogP contribution in [0.1, 0.15) is 30.0 Å². The Labute approximate surface area is 79.0 Å². The second kappa shape index (κ2) is 3.95. The summed E-state index contributed by atoms with van der Waals surface area (Å²) in [7, 11) is 0. The molecule has 0 spiro atoms. The van der Waals surface area contributed by atoms with E-state index in [1.165, 1.54) is 5.56 Å². The molecule has 0 atom stereocenters. The molecule has 1 rings (SSSR count). The zero-order chi connectivity index (χ0) is 9.84. The van der Waals surface area contributed by atoms with E-state index in [0.29, 0.717) is 11.3 Å². The molecule has 0 amide bonds. The van der Waals surface area contributed by atoms with Gasteiger partial charge >= 0.3 is 0 Å². The zero-order valence-electron chi connectivity index (χ0n) is 8.09. The first kappa shape index (κ1) is 9.60. The molecule has 2 nitrogen and oxygen atoms in total. The van der Waals surface area contributed by atoms with Crippen molar-refractivity contribution in [3.8, 4) is 6.07 Å². The van der Waals surface area contributed by atoms with Gasteiger partial charge in [0.2, 0.25) is 0 Å². The second-order valence-electron chi connectivity index (χ2n) is 3.18. The van der Waals surface area contributed by atoms with Crippen molar-refractivity contribution < 1.29 is 0 Å². The predicted octanol–water partition coefficient (Wildman–Crippen LogP) is 2.40. The Hall–Kier alpha value is -1.49. The average Bonchev–Trinajstić information content (AvgIpc) is 2.11. The first-order chi connectivity index (χ1) is 6.20. The van der Waals surface area contributed by atoms with Crippen molar-refractivity contribution in [1.29, 1.82) is 5.26 Å². The molecule has 0 saturated carbocycles. The van der Waals surface area contributed by atoms with Crippen molar-refractivity contribution in [2.75, 3.05) is 5.73 Å². The van der Waals surface area contributed by atoms with Crippen LogP contribution in [0.15, 0.2) is 12.1 Å². The van der Waals surface area contributed by atoms with Crippen LogP contribution in [0.3, 0.4) is 0 Å². The van der Waals surface area contributed by atoms with Gasteiger partial charge in [-0.3, -0.25) is 0 Å². The number of anilines is 1. The van der Waals surface area contributed by atoms with Crippen LogP contribution in [0, 0.1) is 18.3 Å². The molecule has 0 saturated heterocycles. The van der Waals surface area contributed by atoms with Gasteiger partial charge in [0.25, 0.3) is 0 Å². The minimum atomic E-state index is 0.583. The van der Waals surface area contributed by atoms with Gasteiger partial charge in [-0.05, 0) is 30.5 Å². The summed E-state index contributed by atoms with van der Waals surface area (Å²) in [4.78, 5) is 0. The van der Waals surface area contributed by atoms with Crippen LogP contribution in [-0.2, 0) is 6.42 Å². The van der Waals surface area contributed by atoms with Crippen molar-refractivity contribution >= 4 is 5.69 Å². The van der Waals surface area contributed by atoms with E-state index < -0.39 is 0 Å². The van der Waals surface area contributed by atoms with Crippen LogP contribution in [-0.4, -0.2) is 0 Å². The Kier molecular flexibility index (Phi) is 2.92. The summed E-state index contributed by atoms with van der Waals surface area (Å²) in [6, 6.07) is 5.96. The zero-order valence-corrected chi connectivity index (χ0v) is 8.09. The average molecular weight is 174 g/mol. The number of nitrogen functional groups attached to an aromatic ring is 1. The van der Waals surface area contributed by atoms with Crippen molar-refractivity contribution in [1.82, 2.24) is 0 Å². The van der Waals surface area contributed by atoms with Crippen molar-refractivity contribution in [2.45, 2.75) is 26.7 Å². The number of benzene rings is 1. The number of hydrogen-bond donors (Lipinski definition) is 1. The largest absolute Gasteiger partial charge is 0.398 e. The third-order valence-electron chi connectivity index (χ3n) is 2.24. The standard InChI is InChI=1S/C11H14N2/c1-3-4-9-5-6-11(13)10(7-12)8(9)2/h5-6H,3-4,13H2,1-2H3. The topological polar surface area (TPSA) is 49.8 Å². The number of rotatable bonds is 2. The molecule has 2 N–H and O–H groups in total. The summed E-state index contributed by atoms with van der Waals surface area (Å²) in [6.45, 7) is 4.09. The fourth-order valence-electron chi connectivity index (χ4n) is 1.46. The monoisotopic (exact) mass is 174 g/mol. The van der Waals surface area contributed by atoms with Crippen LogP contribution < -0.4 is 5.73 Å². The lowest BCUT2D eigenvalue weighted by Crippen LogP contribution is -1.97. The first-order valence-corrected chi connectivity index (χ1v) is 4.48. The van der Waals surface area contributed by atoms with Crippen LogP contribution in [0.25, 0.3) is 0 Å². The third-order valence-corrected chi connectivity index (χ3v) is 2.24. The van der Waals surface area contributed by atoms with Gasteiger partial charge in [0.1, 0.15) is 6.07 Å². The predicted molar refractivity (Wildman–Crippen MR) is 54.3 cm³/mol. The van der Waals surface area contributed by atoms with Gasteiger partial charge in [0, 0.05) is 5.69 Å². The molecule has 0 bridgehead atoms. The van der Waals surface area contributed by atoms with E-state index in [9.17, 15) is 0 Å². The molecule has 0 heterocycles. The van der Waals surface area contributed by atoms with Crippen molar-refractivity contribution in [2.24, 2.45) is 0 Å². The Morgan fingerprint density at radius 2 is 2.15 bits per heavy atom. The van der Waals surface area contributed by atoms with Gasteiger partial charge in [-0.25, -0.2) is 0 Å². The molecule has 0 fully saturated rings. The van der Waals surface area contributed by atoms with E-state index in [0.717, 1.165) is 18.4 Å². The first-order valence-electron chi connectivity index (χ1n) is 4.48. The summed E-state index contributed by atoms with van der Waals surface area (Å²) in [6.07, 6.45) is 2.11. The quantitative estimate of drug-likeness (QED) is 0.700. The van der Waals surface area contributed by atoms with Gasteiger partial charge in [0.15, 0.2) is 0 Å². The minimum absolute atomic E-state index is 0.583. The summed E-state index contributed by atoms with van der Waals surface area (Å²) >= 11 is 0. The van der Waals surface area contributed by atoms with Crippen LogP contribution in [0.4, 0.5) is 5.69 Å². The van der Waals surface area contributed by atoms with Gasteiger partial charge in [-0.1, -0.05) is 19.4 Å². The highest BCUT2D eigenvalue weighted by molar-refractivity contribution is 5.59. The molecule has 0 aliphatic carbocycles. The summed E-state index contributed by atoms with van der Waals surface area (Å²) in [5, 5.41) is 8.86. The number of nitrogens with two attached hydrogens (primary N) is 1. The molecule has 0 aromatic heterocycles. The fraction of sp³-hybridized carbons (Fsp3) is 0.364. The Balaban J connectivity index is 3.21. The van der Waals surface area contributed by atoms with E-state index in [1.807, 2.05) is 19.1 Å². The Morgan fingerprint density at radius 1 is 1.46 bits per heavy atom. The van der Waals surface area contributed by atoms with Gasteiger partial charge < -0.3 is 5.73 Å². The van der Waals surface area contributed by atoms with Crippen molar-refractivity contribution in [3.63, 3.8) is 0 Å². The van der Waals surface area contributed by atoms with Gasteiger partial charge in [-0.15, -0.1) is 0 Å². The molecule has 0 aliphatic heterocycles. The maximum Gasteiger partial charge on any atom is 0.102 e. The van der Waals surface area contributed by atoms with Crippen LogP contribution in [0.2, 0.25) is 0 Å². The molecule has 13 heavy (non-hydrogen) atoms. The SMILES string of the molecule is CCCc1ccc(N)c(C#N)c1C. The van der Waals surface area contributed by atoms with Gasteiger partial charge in [0.05, 0.1) is 5.56 Å². The molecule has 2 heteroatoms. The van der Waals surface area contributed by atoms with Crippen molar-refractivity contribution in [3.05, 3.63) is 28.8 Å². The number of nitriles is 1. The van der Waals surface area contributed by atoms with Crippen LogP contribution in [0.5, 0.6) is 0 Å². The molecule has 0 aliphatic rings. The lowest BCUT2D eigenvalue weighted by atomic mass is 9.98. The third kappa shape index (κ3) is 1.81. The van der Waals surface area contributed by atoms with E-state index in [4.69, 9.17) is 11.0 Å². The minimum Gasteiger partial charge on any atom is -0.398 e. The molecule has 1 aromatic rings. The Bertz CT molecular complexity index is 348. The number of hydrogen-bond acceptors (Lipinski definition) is 2. The molecule has 0 radical (unpaired) electrons. The summed E-state index contributed by atoms with van der Waals surface area (Å²) in [5.41, 5.74) is 9.15. The highest BCUT2D eigenvalue weighted by atomic mass is 14.6. The maximum absolute atomic E-state index is 8.86. The molecule has 1 aromatic carbocycles. The second-order valence-corrected chi connectivity index (χ2v) is 3.18. The highest BCUT2D eigenvalue weighted by Gasteiger charge is 2.05. The number of aryl methyl sites for hydroxylation is 1. The van der Waals surface area contributed by atoms with E-state index in [1.54, 1.807) is 0 Å². The van der Waals surface area contributed by atoms with E-state index >= 15 is 0 Å². The lowest BCUT2D eigenvalue weighted by molar-refractivity contribution is 0.912. The molecule has 68 valence electrons. The van der Waals surface area contributed by atoms with E-state index in [2.05, 4.69) is 13.0 Å². The Morgan fingerprint density at radius 3 is 2.69 bits per heavy atom. The van der Waals surface area contributed by atoms with Gasteiger partial charge in [-0.2, -0.15) is 5.26 Å². The summed E-state index contributed by atoms with van der Waals surface area (Å²) < 4.78 is 0. The smallest absolute Gasteiger partial charge is 0.102 e. The van der Waals surface area contributed by atoms with E-state index in [-0.39, 0.29) is 0 Å². The summed E-state index contributed by atoms with van der Waals surface area (Å²) in [5.74, 6) is 0. The molecular formula is C11H14N2. The normalized spacial score (nSPS) is 9.62. The molecule has 0 unspecified atom stereocenters. The fourth-order valence-corrected chi connectivity index (χ4v) is 1.46. The maximum atomic E-state index is 8.86. The van der Waals surface area contributed by atoms with Crippen LogP contribution >= 0.6 is 0 Å². The lowest BCUT2D eigenvalue weighted by Gasteiger charge is -2.07.